The van der Waals surface area contributed by atoms with Crippen molar-refractivity contribution in [3.63, 3.8) is 0 Å². The van der Waals surface area contributed by atoms with Gasteiger partial charge in [0.15, 0.2) is 11.6 Å². The fourth-order valence-electron chi connectivity index (χ4n) is 3.70. The van der Waals surface area contributed by atoms with E-state index < -0.39 is 12.3 Å². The molecule has 0 amide bonds. The van der Waals surface area contributed by atoms with Gasteiger partial charge in [-0.05, 0) is 24.8 Å². The second kappa shape index (κ2) is 15.7. The number of halogens is 2. The number of hydrogen-bond acceptors (Lipinski definition) is 3. The standard InChI is InChI=1S/C27H40F2N2O/c1-3-5-6-7-8-9-10-11-12-13-22-14-16-23(17-15-22)27-30-19-26(20-31-27)32-21-25(29)18-24(28)4-2/h14-17,19-20,24-25H,3-13,18,21H2,1-2H3. The lowest BCUT2D eigenvalue weighted by atomic mass is 10.0. The van der Waals surface area contributed by atoms with E-state index in [1.54, 1.807) is 6.92 Å². The van der Waals surface area contributed by atoms with Crippen LogP contribution in [0.3, 0.4) is 0 Å². The van der Waals surface area contributed by atoms with Crippen molar-refractivity contribution in [2.75, 3.05) is 6.61 Å². The number of rotatable bonds is 17. The summed E-state index contributed by atoms with van der Waals surface area (Å²) in [6.45, 7) is 3.78. The van der Waals surface area contributed by atoms with Gasteiger partial charge in [-0.3, -0.25) is 0 Å². The molecule has 0 bridgehead atoms. The second-order valence-electron chi connectivity index (χ2n) is 8.67. The number of ether oxygens (including phenoxy) is 1. The third-order valence-electron chi connectivity index (χ3n) is 5.79. The van der Waals surface area contributed by atoms with E-state index in [1.807, 2.05) is 12.1 Å². The summed E-state index contributed by atoms with van der Waals surface area (Å²) in [6, 6.07) is 8.37. The van der Waals surface area contributed by atoms with Crippen LogP contribution in [0.25, 0.3) is 11.4 Å². The third kappa shape index (κ3) is 10.5. The van der Waals surface area contributed by atoms with Crippen molar-refractivity contribution in [1.29, 1.82) is 0 Å². The summed E-state index contributed by atoms with van der Waals surface area (Å²) in [5.74, 6) is 1.00. The van der Waals surface area contributed by atoms with Crippen LogP contribution in [0.5, 0.6) is 5.75 Å². The summed E-state index contributed by atoms with van der Waals surface area (Å²) in [7, 11) is 0. The average Bonchev–Trinajstić information content (AvgIpc) is 2.82. The molecule has 0 fully saturated rings. The maximum absolute atomic E-state index is 13.7. The number of hydrogen-bond donors (Lipinski definition) is 0. The van der Waals surface area contributed by atoms with Crippen LogP contribution in [0, 0.1) is 0 Å². The molecule has 0 N–H and O–H groups in total. The average molecular weight is 447 g/mol. The number of nitrogens with zero attached hydrogens (tertiary/aromatic N) is 2. The van der Waals surface area contributed by atoms with Crippen molar-refractivity contribution < 1.29 is 13.5 Å². The quantitative estimate of drug-likeness (QED) is 0.230. The van der Waals surface area contributed by atoms with Crippen molar-refractivity contribution in [2.45, 2.75) is 103 Å². The molecule has 1 aromatic carbocycles. The number of alkyl halides is 2. The van der Waals surface area contributed by atoms with Gasteiger partial charge in [-0.15, -0.1) is 0 Å². The molecule has 178 valence electrons. The molecule has 0 spiro atoms. The molecule has 0 saturated carbocycles. The first kappa shape index (κ1) is 26.2. The van der Waals surface area contributed by atoms with E-state index >= 15 is 0 Å². The Labute approximate surface area is 193 Å². The van der Waals surface area contributed by atoms with Crippen LogP contribution in [-0.2, 0) is 6.42 Å². The molecular formula is C27H40F2N2O. The Morgan fingerprint density at radius 2 is 1.38 bits per heavy atom. The Kier molecular flexibility index (Phi) is 12.9. The number of aromatic nitrogens is 2. The molecule has 2 aromatic rings. The Morgan fingerprint density at radius 1 is 0.781 bits per heavy atom. The van der Waals surface area contributed by atoms with E-state index in [4.69, 9.17) is 4.74 Å². The van der Waals surface area contributed by atoms with Crippen LogP contribution in [0.4, 0.5) is 8.78 Å². The van der Waals surface area contributed by atoms with E-state index in [9.17, 15) is 8.78 Å². The Hall–Kier alpha value is -2.04. The SMILES string of the molecule is CCCCCCCCCCCc1ccc(-c2ncc(OCC(F)CC(F)CC)cn2)cc1. The van der Waals surface area contributed by atoms with E-state index in [1.165, 1.54) is 75.7 Å². The molecular weight excluding hydrogens is 406 g/mol. The lowest BCUT2D eigenvalue weighted by Gasteiger charge is -2.12. The lowest BCUT2D eigenvalue weighted by molar-refractivity contribution is 0.149. The van der Waals surface area contributed by atoms with Gasteiger partial charge in [0, 0.05) is 12.0 Å². The maximum Gasteiger partial charge on any atom is 0.159 e. The molecule has 1 aromatic heterocycles. The minimum absolute atomic E-state index is 0.138. The number of aryl methyl sites for hydroxylation is 1. The largest absolute Gasteiger partial charge is 0.487 e. The van der Waals surface area contributed by atoms with E-state index in [-0.39, 0.29) is 13.0 Å². The monoisotopic (exact) mass is 446 g/mol. The summed E-state index contributed by atoms with van der Waals surface area (Å²) < 4.78 is 32.3. The van der Waals surface area contributed by atoms with Gasteiger partial charge >= 0.3 is 0 Å². The van der Waals surface area contributed by atoms with Gasteiger partial charge < -0.3 is 4.74 Å². The molecule has 1 heterocycles. The normalized spacial score (nSPS) is 13.1. The highest BCUT2D eigenvalue weighted by atomic mass is 19.1. The van der Waals surface area contributed by atoms with E-state index in [2.05, 4.69) is 29.0 Å². The van der Waals surface area contributed by atoms with Gasteiger partial charge in [0.2, 0.25) is 0 Å². The highest BCUT2D eigenvalue weighted by Crippen LogP contribution is 2.19. The van der Waals surface area contributed by atoms with E-state index in [0.717, 1.165) is 12.0 Å². The summed E-state index contributed by atoms with van der Waals surface area (Å²) in [6.07, 6.45) is 14.0. The predicted octanol–water partition coefficient (Wildman–Crippen LogP) is 8.07. The fraction of sp³-hybridized carbons (Fsp3) is 0.630. The number of benzene rings is 1. The van der Waals surface area contributed by atoms with Gasteiger partial charge in [0.05, 0.1) is 12.4 Å². The lowest BCUT2D eigenvalue weighted by Crippen LogP contribution is -2.17. The zero-order valence-electron chi connectivity index (χ0n) is 19.9. The molecule has 2 atom stereocenters. The molecule has 2 rings (SSSR count). The van der Waals surface area contributed by atoms with Crippen molar-refractivity contribution in [1.82, 2.24) is 9.97 Å². The van der Waals surface area contributed by atoms with Crippen molar-refractivity contribution >= 4 is 0 Å². The van der Waals surface area contributed by atoms with Crippen LogP contribution in [-0.4, -0.2) is 28.9 Å². The molecule has 0 aliphatic carbocycles. The summed E-state index contributed by atoms with van der Waals surface area (Å²) in [5.41, 5.74) is 2.28. The minimum atomic E-state index is -1.33. The highest BCUT2D eigenvalue weighted by molar-refractivity contribution is 5.55. The van der Waals surface area contributed by atoms with Gasteiger partial charge in [-0.2, -0.15) is 0 Å². The van der Waals surface area contributed by atoms with Crippen molar-refractivity contribution in [3.05, 3.63) is 42.2 Å². The van der Waals surface area contributed by atoms with Crippen LogP contribution in [0.15, 0.2) is 36.7 Å². The first-order chi connectivity index (χ1) is 15.6. The van der Waals surface area contributed by atoms with Gasteiger partial charge in [0.25, 0.3) is 0 Å². The zero-order valence-corrected chi connectivity index (χ0v) is 19.9. The van der Waals surface area contributed by atoms with Crippen molar-refractivity contribution in [2.24, 2.45) is 0 Å². The van der Waals surface area contributed by atoms with Gasteiger partial charge in [-0.25, -0.2) is 18.7 Å². The first-order valence-electron chi connectivity index (χ1n) is 12.4. The summed E-state index contributed by atoms with van der Waals surface area (Å²) in [5, 5.41) is 0. The molecule has 0 saturated heterocycles. The first-order valence-corrected chi connectivity index (χ1v) is 12.4. The molecule has 3 nitrogen and oxygen atoms in total. The molecule has 0 aliphatic rings. The van der Waals surface area contributed by atoms with Crippen LogP contribution in [0.1, 0.15) is 90.0 Å². The summed E-state index contributed by atoms with van der Waals surface area (Å²) >= 11 is 0. The molecule has 0 aliphatic heterocycles. The van der Waals surface area contributed by atoms with Gasteiger partial charge in [0.1, 0.15) is 19.0 Å². The third-order valence-corrected chi connectivity index (χ3v) is 5.79. The van der Waals surface area contributed by atoms with Crippen molar-refractivity contribution in [3.8, 4) is 17.1 Å². The highest BCUT2D eigenvalue weighted by Gasteiger charge is 2.14. The molecule has 32 heavy (non-hydrogen) atoms. The summed E-state index contributed by atoms with van der Waals surface area (Å²) in [4.78, 5) is 8.65. The fourth-order valence-corrected chi connectivity index (χ4v) is 3.70. The smallest absolute Gasteiger partial charge is 0.159 e. The Morgan fingerprint density at radius 3 is 1.97 bits per heavy atom. The zero-order chi connectivity index (χ0) is 23.0. The Bertz CT molecular complexity index is 721. The van der Waals surface area contributed by atoms with Gasteiger partial charge in [-0.1, -0.05) is 89.5 Å². The molecule has 2 unspecified atom stereocenters. The predicted molar refractivity (Wildman–Crippen MR) is 129 cm³/mol. The topological polar surface area (TPSA) is 35.0 Å². The van der Waals surface area contributed by atoms with Crippen LogP contribution in [0.2, 0.25) is 0 Å². The van der Waals surface area contributed by atoms with Crippen LogP contribution < -0.4 is 4.74 Å². The van der Waals surface area contributed by atoms with E-state index in [0.29, 0.717) is 18.0 Å². The maximum atomic E-state index is 13.7. The minimum Gasteiger partial charge on any atom is -0.487 e. The molecule has 5 heteroatoms. The number of unbranched alkanes of at least 4 members (excludes halogenated alkanes) is 8. The molecule has 0 radical (unpaired) electrons. The second-order valence-corrected chi connectivity index (χ2v) is 8.67. The Balaban J connectivity index is 1.68. The van der Waals surface area contributed by atoms with Crippen LogP contribution >= 0.6 is 0 Å².